The van der Waals surface area contributed by atoms with Crippen LogP contribution in [0.4, 0.5) is 0 Å². The van der Waals surface area contributed by atoms with Crippen LogP contribution in [0.5, 0.6) is 5.75 Å². The van der Waals surface area contributed by atoms with Gasteiger partial charge < -0.3 is 14.6 Å². The summed E-state index contributed by atoms with van der Waals surface area (Å²) < 4.78 is 8.34. The Morgan fingerprint density at radius 3 is 2.71 bits per heavy atom. The number of aromatic nitrogens is 2. The van der Waals surface area contributed by atoms with Gasteiger partial charge >= 0.3 is 0 Å². The van der Waals surface area contributed by atoms with Gasteiger partial charge in [0.15, 0.2) is 0 Å². The highest BCUT2D eigenvalue weighted by Gasteiger charge is 2.11. The minimum atomic E-state index is -0.107. The molecule has 0 aliphatic rings. The van der Waals surface area contributed by atoms with E-state index in [-0.39, 0.29) is 5.91 Å². The summed E-state index contributed by atoms with van der Waals surface area (Å²) in [5.41, 5.74) is 5.12. The van der Waals surface area contributed by atoms with E-state index in [0.717, 1.165) is 54.8 Å². The topological polar surface area (TPSA) is 56.1 Å². The van der Waals surface area contributed by atoms with Gasteiger partial charge in [-0.05, 0) is 80.6 Å². The Morgan fingerprint density at radius 2 is 1.86 bits per heavy atom. The fourth-order valence-corrected chi connectivity index (χ4v) is 4.35. The maximum atomic E-state index is 12.4. The predicted octanol–water partition coefficient (Wildman–Crippen LogP) is 6.53. The number of carbonyl (C=O) groups excluding carboxylic acids is 1. The normalized spacial score (nSPS) is 11.1. The second-order valence-corrected chi connectivity index (χ2v) is 9.30. The molecule has 0 bridgehead atoms. The van der Waals surface area contributed by atoms with Crippen LogP contribution in [0, 0.1) is 13.8 Å². The van der Waals surface area contributed by atoms with E-state index < -0.39 is 0 Å². The van der Waals surface area contributed by atoms with Gasteiger partial charge in [-0.15, -0.1) is 0 Å². The van der Waals surface area contributed by atoms with Gasteiger partial charge in [0.25, 0.3) is 5.91 Å². The van der Waals surface area contributed by atoms with Gasteiger partial charge in [0.2, 0.25) is 0 Å². The van der Waals surface area contributed by atoms with Crippen molar-refractivity contribution in [3.05, 3.63) is 94.3 Å². The lowest BCUT2D eigenvalue weighted by molar-refractivity contribution is 0.0953. The summed E-state index contributed by atoms with van der Waals surface area (Å²) in [4.78, 5) is 17.2. The second-order valence-electron chi connectivity index (χ2n) is 8.86. The summed E-state index contributed by atoms with van der Waals surface area (Å²) in [7, 11) is 0. The summed E-state index contributed by atoms with van der Waals surface area (Å²) in [6, 6.07) is 21.6. The first-order valence-corrected chi connectivity index (χ1v) is 12.6. The summed E-state index contributed by atoms with van der Waals surface area (Å²) in [6.07, 6.45) is 3.58. The fourth-order valence-electron chi connectivity index (χ4n) is 4.16. The first-order chi connectivity index (χ1) is 17.0. The van der Waals surface area contributed by atoms with E-state index in [1.165, 1.54) is 11.1 Å². The van der Waals surface area contributed by atoms with Crippen LogP contribution in [0.3, 0.4) is 0 Å². The monoisotopic (exact) mass is 489 g/mol. The summed E-state index contributed by atoms with van der Waals surface area (Å²) in [6.45, 7) is 6.33. The van der Waals surface area contributed by atoms with E-state index in [9.17, 15) is 4.79 Å². The van der Waals surface area contributed by atoms with Crippen LogP contribution in [-0.4, -0.2) is 28.6 Å². The van der Waals surface area contributed by atoms with Crippen LogP contribution >= 0.6 is 11.6 Å². The van der Waals surface area contributed by atoms with Crippen LogP contribution in [0.25, 0.3) is 11.0 Å². The zero-order valence-corrected chi connectivity index (χ0v) is 21.1. The third kappa shape index (κ3) is 6.64. The summed E-state index contributed by atoms with van der Waals surface area (Å²) in [5.74, 6) is 1.92. The maximum absolute atomic E-state index is 12.4. The molecular formula is C29H32ClN3O2. The maximum Gasteiger partial charge on any atom is 0.251 e. The molecule has 3 aromatic carbocycles. The number of hydrogen-bond acceptors (Lipinski definition) is 3. The largest absolute Gasteiger partial charge is 0.493 e. The van der Waals surface area contributed by atoms with Crippen molar-refractivity contribution in [3.8, 4) is 5.75 Å². The molecule has 0 aliphatic heterocycles. The molecule has 0 unspecified atom stereocenters. The first-order valence-electron chi connectivity index (χ1n) is 12.2. The fraction of sp³-hybridized carbons (Fsp3) is 0.310. The van der Waals surface area contributed by atoms with Crippen molar-refractivity contribution in [2.45, 2.75) is 46.1 Å². The molecule has 0 fully saturated rings. The number of hydrogen-bond donors (Lipinski definition) is 1. The van der Waals surface area contributed by atoms with E-state index >= 15 is 0 Å². The zero-order chi connectivity index (χ0) is 24.6. The molecule has 182 valence electrons. The van der Waals surface area contributed by atoms with Gasteiger partial charge in [0.05, 0.1) is 17.6 Å². The van der Waals surface area contributed by atoms with Crippen molar-refractivity contribution in [2.75, 3.05) is 13.2 Å². The second kappa shape index (κ2) is 11.9. The van der Waals surface area contributed by atoms with Crippen molar-refractivity contribution < 1.29 is 9.53 Å². The molecular weight excluding hydrogens is 458 g/mol. The number of nitrogens with zero attached hydrogens (tertiary/aromatic N) is 2. The number of unbranched alkanes of at least 4 members (excludes halogenated alkanes) is 1. The number of benzene rings is 3. The molecule has 1 aromatic heterocycles. The number of nitrogens with one attached hydrogen (secondary N) is 1. The van der Waals surface area contributed by atoms with Crippen LogP contribution in [0.2, 0.25) is 5.02 Å². The molecule has 0 aliphatic carbocycles. The highest BCUT2D eigenvalue weighted by atomic mass is 35.5. The van der Waals surface area contributed by atoms with E-state index in [1.54, 1.807) is 24.3 Å². The average molecular weight is 490 g/mol. The number of amides is 1. The molecule has 0 radical (unpaired) electrons. The molecule has 1 N–H and O–H groups in total. The Morgan fingerprint density at radius 1 is 1.00 bits per heavy atom. The minimum Gasteiger partial charge on any atom is -0.493 e. The van der Waals surface area contributed by atoms with E-state index in [2.05, 4.69) is 60.1 Å². The van der Waals surface area contributed by atoms with Crippen LogP contribution < -0.4 is 10.1 Å². The van der Waals surface area contributed by atoms with Gasteiger partial charge in [-0.3, -0.25) is 4.79 Å². The lowest BCUT2D eigenvalue weighted by atomic mass is 10.1. The Hall–Kier alpha value is -3.31. The Bertz CT molecular complexity index is 1300. The van der Waals surface area contributed by atoms with Crippen molar-refractivity contribution >= 4 is 28.5 Å². The van der Waals surface area contributed by atoms with Crippen molar-refractivity contribution in [3.63, 3.8) is 0 Å². The Labute approximate surface area is 212 Å². The van der Waals surface area contributed by atoms with Crippen LogP contribution in [-0.2, 0) is 13.0 Å². The molecule has 4 aromatic rings. The molecule has 4 rings (SSSR count). The third-order valence-corrected chi connectivity index (χ3v) is 6.30. The molecule has 1 heterocycles. The first kappa shape index (κ1) is 24.8. The molecule has 35 heavy (non-hydrogen) atoms. The standard InChI is InChI=1S/C29H32ClN3O2/c1-21-14-15-22(2)27(19-21)35-18-6-5-17-33-26-12-4-3-11-25(26)32-28(33)13-8-16-31-29(34)23-9-7-10-24(30)20-23/h3-4,7,9-12,14-15,19-20H,5-6,8,13,16-18H2,1-2H3,(H,31,34). The minimum absolute atomic E-state index is 0.107. The number of aryl methyl sites for hydroxylation is 4. The van der Waals surface area contributed by atoms with Gasteiger partial charge in [-0.25, -0.2) is 4.98 Å². The van der Waals surface area contributed by atoms with Gasteiger partial charge in [0, 0.05) is 30.1 Å². The number of ether oxygens (including phenoxy) is 1. The number of halogens is 1. The molecule has 1 amide bonds. The lowest BCUT2D eigenvalue weighted by Gasteiger charge is -2.12. The van der Waals surface area contributed by atoms with Crippen molar-refractivity contribution in [1.82, 2.24) is 14.9 Å². The third-order valence-electron chi connectivity index (χ3n) is 6.06. The number of para-hydroxylation sites is 2. The van der Waals surface area contributed by atoms with Crippen LogP contribution in [0.1, 0.15) is 46.6 Å². The highest BCUT2D eigenvalue weighted by Crippen LogP contribution is 2.21. The summed E-state index contributed by atoms with van der Waals surface area (Å²) in [5, 5.41) is 3.54. The summed E-state index contributed by atoms with van der Waals surface area (Å²) >= 11 is 5.99. The average Bonchev–Trinajstić information content (AvgIpc) is 3.21. The van der Waals surface area contributed by atoms with Crippen molar-refractivity contribution in [2.24, 2.45) is 0 Å². The van der Waals surface area contributed by atoms with E-state index in [1.807, 2.05) is 6.07 Å². The number of imidazole rings is 1. The number of rotatable bonds is 11. The lowest BCUT2D eigenvalue weighted by Crippen LogP contribution is -2.25. The van der Waals surface area contributed by atoms with Gasteiger partial charge in [-0.2, -0.15) is 0 Å². The van der Waals surface area contributed by atoms with Crippen molar-refractivity contribution in [1.29, 1.82) is 0 Å². The molecule has 6 heteroatoms. The smallest absolute Gasteiger partial charge is 0.251 e. The molecule has 0 saturated carbocycles. The highest BCUT2D eigenvalue weighted by molar-refractivity contribution is 6.30. The number of carbonyl (C=O) groups is 1. The Balaban J connectivity index is 1.30. The van der Waals surface area contributed by atoms with Crippen LogP contribution in [0.15, 0.2) is 66.7 Å². The zero-order valence-electron chi connectivity index (χ0n) is 20.4. The molecule has 0 atom stereocenters. The molecule has 5 nitrogen and oxygen atoms in total. The quantitative estimate of drug-likeness (QED) is 0.244. The SMILES string of the molecule is Cc1ccc(C)c(OCCCCn2c(CCCNC(=O)c3cccc(Cl)c3)nc3ccccc32)c1. The van der Waals surface area contributed by atoms with E-state index in [0.29, 0.717) is 23.7 Å². The Kier molecular flexibility index (Phi) is 8.43. The van der Waals surface area contributed by atoms with Gasteiger partial charge in [0.1, 0.15) is 11.6 Å². The predicted molar refractivity (Wildman–Crippen MR) is 142 cm³/mol. The van der Waals surface area contributed by atoms with E-state index in [4.69, 9.17) is 21.3 Å². The number of fused-ring (bicyclic) bond motifs is 1. The molecule has 0 spiro atoms. The molecule has 0 saturated heterocycles. The van der Waals surface area contributed by atoms with Gasteiger partial charge in [-0.1, -0.05) is 41.9 Å².